The van der Waals surface area contributed by atoms with Crippen LogP contribution in [0.25, 0.3) is 11.0 Å². The molecule has 0 spiro atoms. The number of para-hydroxylation sites is 1. The standard InChI is InChI=1S/C9H13N3O3Si/c1-13-16(14-2,15-3)12-9-7-5-4-6-8(9)10-11-12/h4-7H,1-3H3. The second kappa shape index (κ2) is 4.30. The Bertz CT molecular complexity index is 475. The van der Waals surface area contributed by atoms with E-state index < -0.39 is 8.97 Å². The first-order valence-electron chi connectivity index (χ1n) is 4.74. The summed E-state index contributed by atoms with van der Waals surface area (Å²) in [6.07, 6.45) is 0. The predicted molar refractivity (Wildman–Crippen MR) is 59.7 cm³/mol. The molecule has 0 aliphatic heterocycles. The zero-order chi connectivity index (χ0) is 11.6. The molecule has 0 unspecified atom stereocenters. The van der Waals surface area contributed by atoms with Gasteiger partial charge in [0.2, 0.25) is 0 Å². The highest BCUT2D eigenvalue weighted by Gasteiger charge is 2.45. The summed E-state index contributed by atoms with van der Waals surface area (Å²) in [5.41, 5.74) is 1.62. The Morgan fingerprint density at radius 3 is 2.31 bits per heavy atom. The van der Waals surface area contributed by atoms with Crippen LogP contribution in [0.5, 0.6) is 0 Å². The summed E-state index contributed by atoms with van der Waals surface area (Å²) in [7, 11) is 1.65. The minimum atomic E-state index is -2.96. The maximum atomic E-state index is 5.34. The largest absolute Gasteiger partial charge is 0.656 e. The van der Waals surface area contributed by atoms with Gasteiger partial charge >= 0.3 is 8.97 Å². The van der Waals surface area contributed by atoms with Gasteiger partial charge in [0.25, 0.3) is 0 Å². The molecule has 6 nitrogen and oxygen atoms in total. The molecular weight excluding hydrogens is 226 g/mol. The fourth-order valence-electron chi connectivity index (χ4n) is 1.58. The zero-order valence-corrected chi connectivity index (χ0v) is 10.4. The molecule has 0 saturated carbocycles. The van der Waals surface area contributed by atoms with Crippen LogP contribution in [-0.4, -0.2) is 45.0 Å². The van der Waals surface area contributed by atoms with Gasteiger partial charge in [-0.3, -0.25) is 0 Å². The normalized spacial score (nSPS) is 12.2. The van der Waals surface area contributed by atoms with Crippen LogP contribution in [0.3, 0.4) is 0 Å². The lowest BCUT2D eigenvalue weighted by Crippen LogP contribution is -2.51. The van der Waals surface area contributed by atoms with Crippen LogP contribution in [-0.2, 0) is 13.3 Å². The predicted octanol–water partition coefficient (Wildman–Crippen LogP) is 0.654. The summed E-state index contributed by atoms with van der Waals surface area (Å²) in [6, 6.07) is 7.58. The van der Waals surface area contributed by atoms with Crippen LogP contribution in [0.1, 0.15) is 0 Å². The molecule has 86 valence electrons. The Hall–Kier alpha value is -1.28. The highest BCUT2D eigenvalue weighted by atomic mass is 28.4. The lowest BCUT2D eigenvalue weighted by Gasteiger charge is -2.23. The Morgan fingerprint density at radius 1 is 1.06 bits per heavy atom. The zero-order valence-electron chi connectivity index (χ0n) is 9.38. The molecule has 2 aromatic rings. The number of nitrogens with zero attached hydrogens (tertiary/aromatic N) is 3. The summed E-state index contributed by atoms with van der Waals surface area (Å²) in [5.74, 6) is 0. The van der Waals surface area contributed by atoms with Crippen molar-refractivity contribution in [3.05, 3.63) is 24.3 Å². The first-order chi connectivity index (χ1) is 7.77. The van der Waals surface area contributed by atoms with Gasteiger partial charge < -0.3 is 13.3 Å². The SMILES string of the molecule is CO[Si](OC)(OC)n1nnc2ccccc21. The third-order valence-electron chi connectivity index (χ3n) is 2.39. The van der Waals surface area contributed by atoms with Gasteiger partial charge in [0.15, 0.2) is 0 Å². The van der Waals surface area contributed by atoms with Crippen molar-refractivity contribution in [1.82, 2.24) is 14.7 Å². The van der Waals surface area contributed by atoms with E-state index in [1.165, 1.54) is 21.3 Å². The molecule has 0 saturated heterocycles. The van der Waals surface area contributed by atoms with Crippen LogP contribution < -0.4 is 0 Å². The monoisotopic (exact) mass is 239 g/mol. The molecule has 0 amide bonds. The molecule has 0 atom stereocenters. The van der Waals surface area contributed by atoms with Crippen molar-refractivity contribution >= 4 is 20.0 Å². The lowest BCUT2D eigenvalue weighted by molar-refractivity contribution is 0.109. The topological polar surface area (TPSA) is 58.4 Å². The lowest BCUT2D eigenvalue weighted by atomic mass is 10.3. The summed E-state index contributed by atoms with van der Waals surface area (Å²) < 4.78 is 17.6. The molecule has 0 fully saturated rings. The molecule has 1 aromatic carbocycles. The molecule has 7 heteroatoms. The van der Waals surface area contributed by atoms with E-state index in [-0.39, 0.29) is 0 Å². The minimum Gasteiger partial charge on any atom is -0.359 e. The van der Waals surface area contributed by atoms with E-state index in [0.717, 1.165) is 11.0 Å². The molecular formula is C9H13N3O3Si. The van der Waals surface area contributed by atoms with E-state index in [2.05, 4.69) is 10.3 Å². The Balaban J connectivity index is 2.61. The van der Waals surface area contributed by atoms with Crippen LogP contribution in [0.15, 0.2) is 24.3 Å². The summed E-state index contributed by atoms with van der Waals surface area (Å²) in [4.78, 5) is 0. The van der Waals surface area contributed by atoms with E-state index in [0.29, 0.717) is 0 Å². The second-order valence-corrected chi connectivity index (χ2v) is 5.82. The molecule has 1 heterocycles. The third kappa shape index (κ3) is 1.54. The van der Waals surface area contributed by atoms with Crippen LogP contribution >= 0.6 is 0 Å². The molecule has 0 aliphatic carbocycles. The Morgan fingerprint density at radius 2 is 1.69 bits per heavy atom. The third-order valence-corrected chi connectivity index (χ3v) is 4.78. The quantitative estimate of drug-likeness (QED) is 0.733. The van der Waals surface area contributed by atoms with Gasteiger partial charge in [-0.25, -0.2) is 0 Å². The van der Waals surface area contributed by atoms with Gasteiger partial charge in [-0.1, -0.05) is 17.3 Å². The maximum absolute atomic E-state index is 5.34. The van der Waals surface area contributed by atoms with E-state index >= 15 is 0 Å². The Labute approximate surface area is 94.2 Å². The van der Waals surface area contributed by atoms with Gasteiger partial charge in [-0.15, -0.1) is 5.10 Å². The van der Waals surface area contributed by atoms with Crippen LogP contribution in [0.4, 0.5) is 0 Å². The summed E-state index contributed by atoms with van der Waals surface area (Å²) >= 11 is 0. The van der Waals surface area contributed by atoms with Crippen molar-refractivity contribution in [1.29, 1.82) is 0 Å². The number of hydrogen-bond donors (Lipinski definition) is 0. The van der Waals surface area contributed by atoms with E-state index in [1.54, 1.807) is 4.35 Å². The van der Waals surface area contributed by atoms with Gasteiger partial charge in [-0.05, 0) is 12.1 Å². The molecule has 1 aromatic heterocycles. The van der Waals surface area contributed by atoms with E-state index in [1.807, 2.05) is 24.3 Å². The first-order valence-corrected chi connectivity index (χ1v) is 6.41. The molecule has 2 rings (SSSR count). The van der Waals surface area contributed by atoms with Crippen molar-refractivity contribution in [2.24, 2.45) is 0 Å². The number of fused-ring (bicyclic) bond motifs is 1. The van der Waals surface area contributed by atoms with Crippen molar-refractivity contribution in [3.8, 4) is 0 Å². The highest BCUT2D eigenvalue weighted by molar-refractivity contribution is 6.59. The molecule has 0 bridgehead atoms. The smallest absolute Gasteiger partial charge is 0.359 e. The van der Waals surface area contributed by atoms with Gasteiger partial charge in [0.1, 0.15) is 5.52 Å². The Kier molecular flexibility index (Phi) is 3.01. The molecule has 0 N–H and O–H groups in total. The minimum absolute atomic E-state index is 0.783. The maximum Gasteiger partial charge on any atom is 0.656 e. The van der Waals surface area contributed by atoms with Crippen molar-refractivity contribution in [2.45, 2.75) is 0 Å². The first kappa shape index (κ1) is 11.2. The summed E-state index contributed by atoms with van der Waals surface area (Å²) in [6.45, 7) is 0. The summed E-state index contributed by atoms with van der Waals surface area (Å²) in [5, 5.41) is 8.07. The molecule has 0 aliphatic rings. The van der Waals surface area contributed by atoms with Crippen molar-refractivity contribution in [3.63, 3.8) is 0 Å². The van der Waals surface area contributed by atoms with E-state index in [4.69, 9.17) is 13.3 Å². The second-order valence-electron chi connectivity index (χ2n) is 3.13. The van der Waals surface area contributed by atoms with E-state index in [9.17, 15) is 0 Å². The van der Waals surface area contributed by atoms with Crippen molar-refractivity contribution < 1.29 is 13.3 Å². The van der Waals surface area contributed by atoms with Crippen molar-refractivity contribution in [2.75, 3.05) is 21.3 Å². The van der Waals surface area contributed by atoms with Gasteiger partial charge in [-0.2, -0.15) is 4.35 Å². The molecule has 16 heavy (non-hydrogen) atoms. The highest BCUT2D eigenvalue weighted by Crippen LogP contribution is 2.16. The average molecular weight is 239 g/mol. The fraction of sp³-hybridized carbons (Fsp3) is 0.333. The fourth-order valence-corrected chi connectivity index (χ4v) is 3.24. The van der Waals surface area contributed by atoms with Crippen LogP contribution in [0.2, 0.25) is 0 Å². The van der Waals surface area contributed by atoms with Crippen LogP contribution in [0, 0.1) is 0 Å². The number of rotatable bonds is 4. The average Bonchev–Trinajstić information content (AvgIpc) is 2.77. The number of aromatic nitrogens is 3. The molecule has 0 radical (unpaired) electrons. The number of hydrogen-bond acceptors (Lipinski definition) is 5. The van der Waals surface area contributed by atoms with Gasteiger partial charge in [0, 0.05) is 21.3 Å². The van der Waals surface area contributed by atoms with Gasteiger partial charge in [0.05, 0.1) is 5.52 Å². The number of benzene rings is 1.